The van der Waals surface area contributed by atoms with Crippen molar-refractivity contribution in [3.05, 3.63) is 29.8 Å². The maximum Gasteiger partial charge on any atom is 0.241 e. The SMILES string of the molecule is Cc1cccc(S(=O)(=O)N[C@@H](CCCN=C(N)N)C(=O)N2CCNCC2)c1. The van der Waals surface area contributed by atoms with Crippen molar-refractivity contribution in [2.75, 3.05) is 32.7 Å². The van der Waals surface area contributed by atoms with Crippen LogP contribution in [0.15, 0.2) is 34.2 Å². The van der Waals surface area contributed by atoms with Gasteiger partial charge in [0.15, 0.2) is 5.96 Å². The first kappa shape index (κ1) is 21.1. The van der Waals surface area contributed by atoms with E-state index in [0.717, 1.165) is 5.56 Å². The number of benzene rings is 1. The van der Waals surface area contributed by atoms with Crippen molar-refractivity contribution in [1.82, 2.24) is 14.9 Å². The normalized spacial score (nSPS) is 16.0. The molecule has 1 amide bonds. The molecule has 150 valence electrons. The fourth-order valence-electron chi connectivity index (χ4n) is 2.88. The van der Waals surface area contributed by atoms with Crippen LogP contribution in [0.5, 0.6) is 0 Å². The van der Waals surface area contributed by atoms with Gasteiger partial charge in [0.2, 0.25) is 15.9 Å². The number of aryl methyl sites for hydroxylation is 1. The lowest BCUT2D eigenvalue weighted by molar-refractivity contribution is -0.133. The minimum Gasteiger partial charge on any atom is -0.370 e. The van der Waals surface area contributed by atoms with E-state index in [1.165, 1.54) is 6.07 Å². The number of nitrogens with zero attached hydrogens (tertiary/aromatic N) is 2. The molecular weight excluding hydrogens is 368 g/mol. The fourth-order valence-corrected chi connectivity index (χ4v) is 4.21. The predicted molar refractivity (Wildman–Crippen MR) is 105 cm³/mol. The van der Waals surface area contributed by atoms with Gasteiger partial charge in [-0.05, 0) is 37.5 Å². The van der Waals surface area contributed by atoms with Gasteiger partial charge in [-0.3, -0.25) is 9.79 Å². The Morgan fingerprint density at radius 1 is 1.33 bits per heavy atom. The summed E-state index contributed by atoms with van der Waals surface area (Å²) in [5.41, 5.74) is 11.5. The summed E-state index contributed by atoms with van der Waals surface area (Å²) in [6, 6.07) is 5.73. The van der Waals surface area contributed by atoms with E-state index in [2.05, 4.69) is 15.0 Å². The van der Waals surface area contributed by atoms with Gasteiger partial charge >= 0.3 is 0 Å². The van der Waals surface area contributed by atoms with Crippen LogP contribution in [-0.4, -0.2) is 64.0 Å². The molecule has 0 saturated carbocycles. The number of guanidine groups is 1. The predicted octanol–water partition coefficient (Wildman–Crippen LogP) is -0.873. The van der Waals surface area contributed by atoms with Crippen LogP contribution in [-0.2, 0) is 14.8 Å². The molecule has 0 bridgehead atoms. The third-order valence-electron chi connectivity index (χ3n) is 4.27. The Bertz CT molecular complexity index is 771. The number of piperazine rings is 1. The summed E-state index contributed by atoms with van der Waals surface area (Å²) >= 11 is 0. The molecule has 0 spiro atoms. The molecule has 10 heteroatoms. The van der Waals surface area contributed by atoms with Gasteiger partial charge < -0.3 is 21.7 Å². The molecule has 0 radical (unpaired) electrons. The van der Waals surface area contributed by atoms with Crippen molar-refractivity contribution < 1.29 is 13.2 Å². The van der Waals surface area contributed by atoms with Crippen LogP contribution in [0.25, 0.3) is 0 Å². The number of sulfonamides is 1. The summed E-state index contributed by atoms with van der Waals surface area (Å²) in [4.78, 5) is 18.6. The average molecular weight is 397 g/mol. The number of carbonyl (C=O) groups excluding carboxylic acids is 1. The van der Waals surface area contributed by atoms with Crippen molar-refractivity contribution in [2.45, 2.75) is 30.7 Å². The third-order valence-corrected chi connectivity index (χ3v) is 5.74. The van der Waals surface area contributed by atoms with Crippen LogP contribution in [0.2, 0.25) is 0 Å². The van der Waals surface area contributed by atoms with Gasteiger partial charge in [0.25, 0.3) is 0 Å². The zero-order chi connectivity index (χ0) is 19.9. The van der Waals surface area contributed by atoms with Gasteiger partial charge in [-0.2, -0.15) is 4.72 Å². The minimum atomic E-state index is -3.82. The molecule has 0 unspecified atom stereocenters. The first-order chi connectivity index (χ1) is 12.8. The lowest BCUT2D eigenvalue weighted by atomic mass is 10.1. The van der Waals surface area contributed by atoms with Gasteiger partial charge in [-0.25, -0.2) is 8.42 Å². The number of hydrogen-bond donors (Lipinski definition) is 4. The molecule has 0 aliphatic carbocycles. The summed E-state index contributed by atoms with van der Waals surface area (Å²) in [5.74, 6) is -0.252. The Balaban J connectivity index is 2.14. The second-order valence-electron chi connectivity index (χ2n) is 6.51. The number of aliphatic imine (C=N–C) groups is 1. The third kappa shape index (κ3) is 6.49. The highest BCUT2D eigenvalue weighted by atomic mass is 32.2. The molecule has 27 heavy (non-hydrogen) atoms. The summed E-state index contributed by atoms with van der Waals surface area (Å²) in [5, 5.41) is 3.18. The lowest BCUT2D eigenvalue weighted by Crippen LogP contribution is -2.54. The van der Waals surface area contributed by atoms with Crippen molar-refractivity contribution in [2.24, 2.45) is 16.5 Å². The van der Waals surface area contributed by atoms with E-state index in [0.29, 0.717) is 45.6 Å². The highest BCUT2D eigenvalue weighted by molar-refractivity contribution is 7.89. The molecule has 1 aliphatic heterocycles. The zero-order valence-electron chi connectivity index (χ0n) is 15.5. The molecule has 1 atom stereocenters. The van der Waals surface area contributed by atoms with Gasteiger partial charge in [0.1, 0.15) is 6.04 Å². The van der Waals surface area contributed by atoms with Crippen LogP contribution in [0.1, 0.15) is 18.4 Å². The molecule has 0 aromatic heterocycles. The number of amides is 1. The van der Waals surface area contributed by atoms with Crippen molar-refractivity contribution >= 4 is 21.9 Å². The zero-order valence-corrected chi connectivity index (χ0v) is 16.3. The van der Waals surface area contributed by atoms with Gasteiger partial charge in [-0.1, -0.05) is 12.1 Å². The van der Waals surface area contributed by atoms with E-state index in [1.807, 2.05) is 13.0 Å². The number of carbonyl (C=O) groups is 1. The summed E-state index contributed by atoms with van der Waals surface area (Å²) in [7, 11) is -3.82. The van der Waals surface area contributed by atoms with Crippen LogP contribution in [0.3, 0.4) is 0 Å². The number of nitrogens with two attached hydrogens (primary N) is 2. The van der Waals surface area contributed by atoms with E-state index >= 15 is 0 Å². The molecule has 1 heterocycles. The standard InChI is InChI=1S/C17H28N6O3S/c1-13-4-2-5-14(12-13)27(25,26)22-15(6-3-7-21-17(18)19)16(24)23-10-8-20-9-11-23/h2,4-5,12,15,20,22H,3,6-11H2,1H3,(H4,18,19,21)/t15-/m0/s1. The molecule has 1 fully saturated rings. The van der Waals surface area contributed by atoms with E-state index in [1.54, 1.807) is 17.0 Å². The quantitative estimate of drug-likeness (QED) is 0.255. The lowest BCUT2D eigenvalue weighted by Gasteiger charge is -2.31. The second kappa shape index (κ2) is 9.67. The van der Waals surface area contributed by atoms with Crippen molar-refractivity contribution in [1.29, 1.82) is 0 Å². The summed E-state index contributed by atoms with van der Waals surface area (Å²) in [6.07, 6.45) is 0.793. The summed E-state index contributed by atoms with van der Waals surface area (Å²) < 4.78 is 28.1. The van der Waals surface area contributed by atoms with E-state index in [-0.39, 0.29) is 16.8 Å². The van der Waals surface area contributed by atoms with Gasteiger partial charge in [-0.15, -0.1) is 0 Å². The maximum absolute atomic E-state index is 12.9. The van der Waals surface area contributed by atoms with Gasteiger partial charge in [0.05, 0.1) is 4.90 Å². The molecule has 1 saturated heterocycles. The van der Waals surface area contributed by atoms with Crippen molar-refractivity contribution in [3.8, 4) is 0 Å². The first-order valence-electron chi connectivity index (χ1n) is 8.93. The highest BCUT2D eigenvalue weighted by Gasteiger charge is 2.29. The minimum absolute atomic E-state index is 0.0275. The first-order valence-corrected chi connectivity index (χ1v) is 10.4. The van der Waals surface area contributed by atoms with Gasteiger partial charge in [0, 0.05) is 32.7 Å². The second-order valence-corrected chi connectivity index (χ2v) is 8.23. The Labute approximate surface area is 160 Å². The topological polar surface area (TPSA) is 143 Å². The molecule has 1 aliphatic rings. The Hall–Kier alpha value is -2.17. The van der Waals surface area contributed by atoms with Crippen LogP contribution in [0, 0.1) is 6.92 Å². The number of rotatable bonds is 8. The molecule has 2 rings (SSSR count). The largest absolute Gasteiger partial charge is 0.370 e. The number of nitrogens with one attached hydrogen (secondary N) is 2. The van der Waals surface area contributed by atoms with Crippen molar-refractivity contribution in [3.63, 3.8) is 0 Å². The molecule has 1 aromatic carbocycles. The molecule has 6 N–H and O–H groups in total. The number of hydrogen-bond acceptors (Lipinski definition) is 5. The van der Waals surface area contributed by atoms with E-state index in [4.69, 9.17) is 11.5 Å². The Morgan fingerprint density at radius 2 is 2.04 bits per heavy atom. The monoisotopic (exact) mass is 396 g/mol. The smallest absolute Gasteiger partial charge is 0.241 e. The fraction of sp³-hybridized carbons (Fsp3) is 0.529. The van der Waals surface area contributed by atoms with Crippen LogP contribution < -0.4 is 21.5 Å². The Morgan fingerprint density at radius 3 is 2.67 bits per heavy atom. The molecule has 1 aromatic rings. The summed E-state index contributed by atoms with van der Waals surface area (Å²) in [6.45, 7) is 4.64. The maximum atomic E-state index is 12.9. The van der Waals surface area contributed by atoms with Crippen LogP contribution in [0.4, 0.5) is 0 Å². The molecule has 9 nitrogen and oxygen atoms in total. The van der Waals surface area contributed by atoms with E-state index < -0.39 is 16.1 Å². The van der Waals surface area contributed by atoms with Crippen LogP contribution >= 0.6 is 0 Å². The molecular formula is C17H28N6O3S. The highest BCUT2D eigenvalue weighted by Crippen LogP contribution is 2.14. The van der Waals surface area contributed by atoms with E-state index in [9.17, 15) is 13.2 Å². The Kier molecular flexibility index (Phi) is 7.57. The average Bonchev–Trinajstić information content (AvgIpc) is 2.64.